The van der Waals surface area contributed by atoms with Crippen LogP contribution in [-0.2, 0) is 9.59 Å². The largest absolute Gasteiger partial charge is 0.497 e. The molecule has 3 rings (SSSR count). The van der Waals surface area contributed by atoms with Gasteiger partial charge in [0.15, 0.2) is 6.54 Å². The molecule has 0 radical (unpaired) electrons. The Morgan fingerprint density at radius 2 is 1.80 bits per heavy atom. The number of rotatable bonds is 7. The molecule has 30 heavy (non-hydrogen) atoms. The van der Waals surface area contributed by atoms with Crippen LogP contribution in [0.15, 0.2) is 42.5 Å². The second-order valence-electron chi connectivity index (χ2n) is 7.69. The summed E-state index contributed by atoms with van der Waals surface area (Å²) in [5, 5.41) is 5.61. The number of nitrogens with zero attached hydrogens (tertiary/aromatic N) is 1. The van der Waals surface area contributed by atoms with Gasteiger partial charge < -0.3 is 25.2 Å². The maximum Gasteiger partial charge on any atom is 0.275 e. The van der Waals surface area contributed by atoms with E-state index in [1.165, 1.54) is 4.90 Å². The Labute approximate surface area is 178 Å². The molecule has 0 aliphatic carbocycles. The van der Waals surface area contributed by atoms with Gasteiger partial charge in [-0.15, -0.1) is 0 Å². The summed E-state index contributed by atoms with van der Waals surface area (Å²) in [4.78, 5) is 28.0. The lowest BCUT2D eigenvalue weighted by Gasteiger charge is -2.33. The van der Waals surface area contributed by atoms with Crippen molar-refractivity contribution in [2.24, 2.45) is 0 Å². The molecule has 0 aromatic heterocycles. The lowest BCUT2D eigenvalue weighted by atomic mass is 10.1. The molecule has 0 atom stereocenters. The van der Waals surface area contributed by atoms with Gasteiger partial charge in [0.05, 0.1) is 39.8 Å². The van der Waals surface area contributed by atoms with Crippen molar-refractivity contribution >= 4 is 23.2 Å². The van der Waals surface area contributed by atoms with E-state index in [-0.39, 0.29) is 18.4 Å². The summed E-state index contributed by atoms with van der Waals surface area (Å²) in [5.74, 6) is 0.534. The van der Waals surface area contributed by atoms with Gasteiger partial charge in [0.1, 0.15) is 5.75 Å². The molecule has 7 nitrogen and oxygen atoms in total. The lowest BCUT2D eigenvalue weighted by Crippen LogP contribution is -3.16. The van der Waals surface area contributed by atoms with Crippen LogP contribution < -0.4 is 25.2 Å². The Kier molecular flexibility index (Phi) is 7.30. The lowest BCUT2D eigenvalue weighted by molar-refractivity contribution is -0.892. The van der Waals surface area contributed by atoms with E-state index in [0.717, 1.165) is 54.4 Å². The molecular weight excluding hydrogens is 380 g/mol. The Morgan fingerprint density at radius 1 is 1.07 bits per heavy atom. The maximum atomic E-state index is 12.3. The van der Waals surface area contributed by atoms with E-state index < -0.39 is 0 Å². The SMILES string of the molecule is COc1cccc(N2CC[NH+](CC(=O)NCC(=O)Nc3cccc(C)c3C)CC2)c1. The van der Waals surface area contributed by atoms with Gasteiger partial charge in [-0.1, -0.05) is 18.2 Å². The molecule has 3 N–H and O–H groups in total. The molecule has 0 saturated carbocycles. The minimum absolute atomic E-state index is 0.0184. The molecule has 160 valence electrons. The molecule has 1 aliphatic heterocycles. The minimum Gasteiger partial charge on any atom is -0.497 e. The number of ether oxygens (including phenoxy) is 1. The normalized spacial score (nSPS) is 14.3. The highest BCUT2D eigenvalue weighted by atomic mass is 16.5. The third-order valence-electron chi connectivity index (χ3n) is 5.62. The molecule has 2 aromatic carbocycles. The summed E-state index contributed by atoms with van der Waals surface area (Å²) >= 11 is 0. The number of hydrogen-bond acceptors (Lipinski definition) is 4. The van der Waals surface area contributed by atoms with Gasteiger partial charge in [-0.25, -0.2) is 0 Å². The molecule has 1 heterocycles. The molecule has 0 unspecified atom stereocenters. The van der Waals surface area contributed by atoms with Gasteiger partial charge in [-0.3, -0.25) is 9.59 Å². The standard InChI is InChI=1S/C23H30N4O3/c1-17-6-4-9-21(18(17)2)25-22(28)15-24-23(29)16-26-10-12-27(13-11-26)19-7-5-8-20(14-19)30-3/h4-9,14H,10-13,15-16H2,1-3H3,(H,24,29)(H,25,28)/p+1. The summed E-state index contributed by atoms with van der Waals surface area (Å²) in [5.41, 5.74) is 4.08. The molecule has 7 heteroatoms. The molecule has 1 saturated heterocycles. The number of carbonyl (C=O) groups excluding carboxylic acids is 2. The van der Waals surface area contributed by atoms with Crippen molar-refractivity contribution in [3.8, 4) is 5.75 Å². The van der Waals surface area contributed by atoms with Gasteiger partial charge in [0.2, 0.25) is 5.91 Å². The second-order valence-corrected chi connectivity index (χ2v) is 7.69. The first-order valence-electron chi connectivity index (χ1n) is 10.3. The zero-order valence-electron chi connectivity index (χ0n) is 18.0. The number of hydrogen-bond donors (Lipinski definition) is 3. The zero-order chi connectivity index (χ0) is 21.5. The first kappa shape index (κ1) is 21.6. The fourth-order valence-electron chi connectivity index (χ4n) is 3.61. The Morgan fingerprint density at radius 3 is 2.53 bits per heavy atom. The predicted molar refractivity (Wildman–Crippen MR) is 118 cm³/mol. The van der Waals surface area contributed by atoms with Gasteiger partial charge >= 0.3 is 0 Å². The number of quaternary nitrogens is 1. The number of carbonyl (C=O) groups is 2. The number of piperazine rings is 1. The van der Waals surface area contributed by atoms with Crippen molar-refractivity contribution in [1.29, 1.82) is 0 Å². The van der Waals surface area contributed by atoms with E-state index in [4.69, 9.17) is 4.74 Å². The van der Waals surface area contributed by atoms with Crippen molar-refractivity contribution in [2.45, 2.75) is 13.8 Å². The molecule has 2 amide bonds. The van der Waals surface area contributed by atoms with Crippen LogP contribution in [0.25, 0.3) is 0 Å². The molecule has 1 fully saturated rings. The molecule has 2 aromatic rings. The summed E-state index contributed by atoms with van der Waals surface area (Å²) < 4.78 is 5.30. The summed E-state index contributed by atoms with van der Waals surface area (Å²) in [6, 6.07) is 13.8. The number of benzene rings is 2. The predicted octanol–water partition coefficient (Wildman–Crippen LogP) is 0.772. The van der Waals surface area contributed by atoms with Crippen LogP contribution in [0.2, 0.25) is 0 Å². The molecule has 0 bridgehead atoms. The molecule has 0 spiro atoms. The summed E-state index contributed by atoms with van der Waals surface area (Å²) in [7, 11) is 1.67. The fourth-order valence-corrected chi connectivity index (χ4v) is 3.61. The third-order valence-corrected chi connectivity index (χ3v) is 5.62. The van der Waals surface area contributed by atoms with Crippen LogP contribution >= 0.6 is 0 Å². The van der Waals surface area contributed by atoms with Crippen molar-refractivity contribution in [1.82, 2.24) is 5.32 Å². The second kappa shape index (κ2) is 10.1. The topological polar surface area (TPSA) is 75.1 Å². The highest BCUT2D eigenvalue weighted by molar-refractivity contribution is 5.95. The van der Waals surface area contributed by atoms with Crippen molar-refractivity contribution < 1.29 is 19.2 Å². The van der Waals surface area contributed by atoms with E-state index in [9.17, 15) is 9.59 Å². The quantitative estimate of drug-likeness (QED) is 0.629. The zero-order valence-corrected chi connectivity index (χ0v) is 18.0. The van der Waals surface area contributed by atoms with Gasteiger partial charge in [0.25, 0.3) is 5.91 Å². The Bertz CT molecular complexity index is 892. The van der Waals surface area contributed by atoms with Crippen LogP contribution in [-0.4, -0.2) is 58.2 Å². The van der Waals surface area contributed by atoms with Crippen molar-refractivity contribution in [2.75, 3.05) is 56.6 Å². The Hall–Kier alpha value is -3.06. The van der Waals surface area contributed by atoms with E-state index in [2.05, 4.69) is 21.6 Å². The average Bonchev–Trinajstić information content (AvgIpc) is 2.76. The maximum absolute atomic E-state index is 12.3. The summed E-state index contributed by atoms with van der Waals surface area (Å²) in [6.07, 6.45) is 0. The van der Waals surface area contributed by atoms with E-state index in [1.807, 2.05) is 50.2 Å². The van der Waals surface area contributed by atoms with E-state index in [0.29, 0.717) is 6.54 Å². The van der Waals surface area contributed by atoms with E-state index in [1.54, 1.807) is 7.11 Å². The van der Waals surface area contributed by atoms with E-state index >= 15 is 0 Å². The first-order chi connectivity index (χ1) is 14.5. The number of nitrogens with one attached hydrogen (secondary N) is 3. The van der Waals surface area contributed by atoms with Crippen molar-refractivity contribution in [3.05, 3.63) is 53.6 Å². The monoisotopic (exact) mass is 411 g/mol. The van der Waals surface area contributed by atoms with Crippen LogP contribution in [0.5, 0.6) is 5.75 Å². The summed E-state index contributed by atoms with van der Waals surface area (Å²) in [6.45, 7) is 7.84. The molecule has 1 aliphatic rings. The number of anilines is 2. The highest BCUT2D eigenvalue weighted by Gasteiger charge is 2.22. The fraction of sp³-hybridized carbons (Fsp3) is 0.391. The van der Waals surface area contributed by atoms with Crippen LogP contribution in [0.1, 0.15) is 11.1 Å². The number of amides is 2. The number of methoxy groups -OCH3 is 1. The highest BCUT2D eigenvalue weighted by Crippen LogP contribution is 2.20. The smallest absolute Gasteiger partial charge is 0.275 e. The van der Waals surface area contributed by atoms with Crippen molar-refractivity contribution in [3.63, 3.8) is 0 Å². The molecular formula is C23H31N4O3+. The minimum atomic E-state index is -0.213. The van der Waals surface area contributed by atoms with Gasteiger partial charge in [-0.2, -0.15) is 0 Å². The van der Waals surface area contributed by atoms with Crippen LogP contribution in [0, 0.1) is 13.8 Å². The Balaban J connectivity index is 1.40. The van der Waals surface area contributed by atoms with Crippen LogP contribution in [0.3, 0.4) is 0 Å². The first-order valence-corrected chi connectivity index (χ1v) is 10.3. The average molecular weight is 412 g/mol. The van der Waals surface area contributed by atoms with Crippen LogP contribution in [0.4, 0.5) is 11.4 Å². The van der Waals surface area contributed by atoms with Gasteiger partial charge in [-0.05, 0) is 43.2 Å². The number of aryl methyl sites for hydroxylation is 1. The van der Waals surface area contributed by atoms with Gasteiger partial charge in [0, 0.05) is 17.4 Å². The third kappa shape index (κ3) is 5.73.